The number of nitrogens with one attached hydrogen (secondary N) is 1. The third-order valence-electron chi connectivity index (χ3n) is 13.5. The molecule has 0 aromatic carbocycles. The van der Waals surface area contributed by atoms with Crippen molar-refractivity contribution in [3.8, 4) is 0 Å². The molecule has 6 N–H and O–H groups in total. The highest BCUT2D eigenvalue weighted by Gasteiger charge is 2.42. The van der Waals surface area contributed by atoms with Crippen LogP contribution in [0.25, 0.3) is 0 Å². The lowest BCUT2D eigenvalue weighted by Gasteiger charge is -2.40. The lowest BCUT2D eigenvalue weighted by atomic mass is 9.83. The fourth-order valence-corrected chi connectivity index (χ4v) is 10.7. The second-order valence-electron chi connectivity index (χ2n) is 19.2. The van der Waals surface area contributed by atoms with Crippen LogP contribution >= 0.6 is 11.8 Å². The van der Waals surface area contributed by atoms with Gasteiger partial charge >= 0.3 is 0 Å². The number of aliphatic hydroxyl groups excluding tert-OH is 5. The molecule has 358 valence electrons. The lowest BCUT2D eigenvalue weighted by Crippen LogP contribution is -2.54. The molecular weight excluding hydrogens is 767 g/mol. The molecule has 0 aromatic heterocycles. The first-order chi connectivity index (χ1) is 29.3. The summed E-state index contributed by atoms with van der Waals surface area (Å²) in [6.45, 7) is 4.29. The van der Waals surface area contributed by atoms with Crippen LogP contribution in [-0.4, -0.2) is 79.5 Å². The van der Waals surface area contributed by atoms with Crippen LogP contribution in [0.4, 0.5) is 0 Å². The van der Waals surface area contributed by atoms with Gasteiger partial charge in [0.25, 0.3) is 0 Å². The van der Waals surface area contributed by atoms with Gasteiger partial charge in [0.15, 0.2) is 0 Å². The van der Waals surface area contributed by atoms with E-state index < -0.39 is 41.6 Å². The van der Waals surface area contributed by atoms with Gasteiger partial charge in [-0.2, -0.15) is 11.8 Å². The number of aliphatic hydroxyl groups is 5. The molecule has 0 bridgehead atoms. The van der Waals surface area contributed by atoms with Gasteiger partial charge in [-0.1, -0.05) is 245 Å². The molecule has 0 spiro atoms. The molecule has 1 amide bonds. The number of carbonyl (C=O) groups excluding carboxylic acids is 1. The van der Waals surface area contributed by atoms with Gasteiger partial charge in [-0.15, -0.1) is 0 Å². The Labute approximate surface area is 376 Å². The van der Waals surface area contributed by atoms with Crippen LogP contribution in [0.5, 0.6) is 0 Å². The Morgan fingerprint density at radius 3 is 1.18 bits per heavy atom. The summed E-state index contributed by atoms with van der Waals surface area (Å²) in [4.78, 5) is 13.1. The summed E-state index contributed by atoms with van der Waals surface area (Å²) in [6, 6.07) is -0.446. The third-order valence-corrected chi connectivity index (χ3v) is 14.9. The van der Waals surface area contributed by atoms with Crippen LogP contribution < -0.4 is 5.32 Å². The average Bonchev–Trinajstić information content (AvgIpc) is 3.25. The van der Waals surface area contributed by atoms with Crippen molar-refractivity contribution in [2.75, 3.05) is 12.4 Å². The second kappa shape index (κ2) is 42.6. The molecule has 0 aromatic rings. The lowest BCUT2D eigenvalue weighted by molar-refractivity contribution is -0.122. The highest BCUT2D eigenvalue weighted by molar-refractivity contribution is 8.00. The molecule has 1 saturated carbocycles. The zero-order chi connectivity index (χ0) is 43.7. The summed E-state index contributed by atoms with van der Waals surface area (Å²) in [7, 11) is 0. The molecule has 1 aliphatic rings. The van der Waals surface area contributed by atoms with Crippen molar-refractivity contribution in [1.29, 1.82) is 0 Å². The van der Waals surface area contributed by atoms with E-state index in [0.717, 1.165) is 32.1 Å². The molecule has 7 nitrogen and oxygen atoms in total. The first-order valence-corrected chi connectivity index (χ1v) is 27.6. The van der Waals surface area contributed by atoms with Gasteiger partial charge in [-0.3, -0.25) is 4.79 Å². The second-order valence-corrected chi connectivity index (χ2v) is 20.4. The van der Waals surface area contributed by atoms with Crippen molar-refractivity contribution in [3.63, 3.8) is 0 Å². The largest absolute Gasteiger partial charge is 0.396 e. The fraction of sp³-hybridized carbons (Fsp3) is 0.981. The van der Waals surface area contributed by atoms with Gasteiger partial charge in [-0.25, -0.2) is 0 Å². The first kappa shape index (κ1) is 57.6. The number of rotatable bonds is 45. The molecule has 8 heteroatoms. The number of unbranched alkanes of at least 4 members (excludes halogenated alkanes) is 35. The van der Waals surface area contributed by atoms with E-state index >= 15 is 0 Å². The molecule has 7 atom stereocenters. The van der Waals surface area contributed by atoms with E-state index in [1.807, 2.05) is 0 Å². The van der Waals surface area contributed by atoms with Crippen LogP contribution in [-0.2, 0) is 4.79 Å². The van der Waals surface area contributed by atoms with Crippen LogP contribution in [0.15, 0.2) is 0 Å². The predicted octanol–water partition coefficient (Wildman–Crippen LogP) is 13.3. The number of hydrogen-bond donors (Lipinski definition) is 6. The van der Waals surface area contributed by atoms with Crippen LogP contribution in [0, 0.1) is 5.92 Å². The minimum Gasteiger partial charge on any atom is -0.396 e. The number of amides is 1. The Balaban J connectivity index is 2.19. The van der Waals surface area contributed by atoms with Crippen LogP contribution in [0.3, 0.4) is 0 Å². The highest BCUT2D eigenvalue weighted by atomic mass is 32.2. The third kappa shape index (κ3) is 32.3. The van der Waals surface area contributed by atoms with Gasteiger partial charge in [0, 0.05) is 29.9 Å². The SMILES string of the molecule is CCCCCCCCCCCCCCCCCCCCCCCCCCC(=O)N[C@@H](CS[C@H]1C[C@H](CO)[C@H](O)[C@H](O)[C@H]1O)[C@H](O)CCCCCCCCCCCCCCC. The number of thioether (sulfide) groups is 1. The van der Waals surface area contributed by atoms with E-state index in [-0.39, 0.29) is 12.5 Å². The van der Waals surface area contributed by atoms with Gasteiger partial charge < -0.3 is 30.8 Å². The molecule has 0 saturated heterocycles. The average molecular weight is 870 g/mol. The molecular formula is C52H103NO6S. The molecule has 0 radical (unpaired) electrons. The summed E-state index contributed by atoms with van der Waals surface area (Å²) in [6.07, 6.45) is 46.1. The minimum atomic E-state index is -1.32. The molecule has 0 unspecified atom stereocenters. The molecule has 1 rings (SSSR count). The molecule has 60 heavy (non-hydrogen) atoms. The monoisotopic (exact) mass is 870 g/mol. The van der Waals surface area contributed by atoms with Crippen LogP contribution in [0.2, 0.25) is 0 Å². The minimum absolute atomic E-state index is 0.0308. The van der Waals surface area contributed by atoms with Crippen molar-refractivity contribution < 1.29 is 30.3 Å². The van der Waals surface area contributed by atoms with Crippen molar-refractivity contribution in [2.45, 2.75) is 306 Å². The standard InChI is InChI=1S/C52H103NO6S/c1-3-5-7-9-11-13-15-17-18-19-20-21-22-23-24-25-26-27-29-31-33-35-37-39-41-49(56)53-46(44-60-48-42-45(43-54)50(57)52(59)51(48)58)47(55)40-38-36-34-32-30-28-16-14-12-10-8-6-4-2/h45-48,50-52,54-55,57-59H,3-44H2,1-2H3,(H,53,56)/t45-,46+,47-,48+,50+,51+,52+/m1/s1. The summed E-state index contributed by atoms with van der Waals surface area (Å²) < 4.78 is 0. The van der Waals surface area contributed by atoms with E-state index in [1.165, 1.54) is 217 Å². The van der Waals surface area contributed by atoms with Crippen molar-refractivity contribution in [3.05, 3.63) is 0 Å². The zero-order valence-corrected chi connectivity index (χ0v) is 40.6. The van der Waals surface area contributed by atoms with E-state index in [9.17, 15) is 30.3 Å². The molecule has 0 aliphatic heterocycles. The normalized spacial score (nSPS) is 20.4. The van der Waals surface area contributed by atoms with Crippen molar-refractivity contribution in [1.82, 2.24) is 5.32 Å². The Morgan fingerprint density at radius 2 is 0.833 bits per heavy atom. The summed E-state index contributed by atoms with van der Waals surface area (Å²) in [5.74, 6) is -0.127. The Bertz CT molecular complexity index is 910. The zero-order valence-electron chi connectivity index (χ0n) is 39.8. The number of hydrogen-bond acceptors (Lipinski definition) is 7. The Morgan fingerprint density at radius 1 is 0.500 bits per heavy atom. The molecule has 1 fully saturated rings. The molecule has 1 aliphatic carbocycles. The Kier molecular flexibility index (Phi) is 40.9. The van der Waals surface area contributed by atoms with E-state index in [4.69, 9.17) is 0 Å². The predicted molar refractivity (Wildman–Crippen MR) is 259 cm³/mol. The smallest absolute Gasteiger partial charge is 0.220 e. The summed E-state index contributed by atoms with van der Waals surface area (Å²) in [5, 5.41) is 55.0. The summed E-state index contributed by atoms with van der Waals surface area (Å²) in [5.41, 5.74) is 0. The van der Waals surface area contributed by atoms with E-state index in [2.05, 4.69) is 19.2 Å². The summed E-state index contributed by atoms with van der Waals surface area (Å²) >= 11 is 1.42. The number of carbonyl (C=O) groups is 1. The Hall–Kier alpha value is -0.380. The topological polar surface area (TPSA) is 130 Å². The quantitative estimate of drug-likeness (QED) is 0.0336. The van der Waals surface area contributed by atoms with E-state index in [0.29, 0.717) is 25.0 Å². The van der Waals surface area contributed by atoms with E-state index in [1.54, 1.807) is 0 Å². The van der Waals surface area contributed by atoms with Gasteiger partial charge in [0.05, 0.1) is 24.4 Å². The molecule has 0 heterocycles. The maximum absolute atomic E-state index is 13.1. The van der Waals surface area contributed by atoms with Gasteiger partial charge in [0.2, 0.25) is 5.91 Å². The van der Waals surface area contributed by atoms with Gasteiger partial charge in [-0.05, 0) is 19.3 Å². The maximum Gasteiger partial charge on any atom is 0.220 e. The maximum atomic E-state index is 13.1. The first-order valence-electron chi connectivity index (χ1n) is 26.6. The highest BCUT2D eigenvalue weighted by Crippen LogP contribution is 2.34. The van der Waals surface area contributed by atoms with Gasteiger partial charge in [0.1, 0.15) is 6.10 Å². The van der Waals surface area contributed by atoms with Crippen molar-refractivity contribution >= 4 is 17.7 Å². The van der Waals surface area contributed by atoms with Crippen molar-refractivity contribution in [2.24, 2.45) is 5.92 Å². The fourth-order valence-electron chi connectivity index (χ4n) is 9.20. The van der Waals surface area contributed by atoms with Crippen LogP contribution in [0.1, 0.15) is 271 Å².